The van der Waals surface area contributed by atoms with Crippen LogP contribution in [0.3, 0.4) is 0 Å². The normalized spacial score (nSPS) is 18.0. The van der Waals surface area contributed by atoms with Crippen LogP contribution in [0.25, 0.3) is 0 Å². The zero-order valence-electron chi connectivity index (χ0n) is 12.6. The number of nitrogens with one attached hydrogen (secondary N) is 2. The molecule has 112 valence electrons. The second kappa shape index (κ2) is 6.70. The van der Waals surface area contributed by atoms with Crippen molar-refractivity contribution < 1.29 is 4.79 Å². The van der Waals surface area contributed by atoms with E-state index in [1.165, 1.54) is 0 Å². The molecule has 1 aliphatic heterocycles. The highest BCUT2D eigenvalue weighted by Crippen LogP contribution is 2.20. The molecule has 1 aliphatic rings. The molecule has 1 amide bonds. The van der Waals surface area contributed by atoms with E-state index in [4.69, 9.17) is 5.26 Å². The van der Waals surface area contributed by atoms with Crippen molar-refractivity contribution in [2.45, 2.75) is 25.3 Å². The van der Waals surface area contributed by atoms with E-state index < -0.39 is 0 Å². The molecule has 0 saturated carbocycles. The summed E-state index contributed by atoms with van der Waals surface area (Å²) in [5, 5.41) is 15.0. The number of rotatable bonds is 4. The van der Waals surface area contributed by atoms with Crippen molar-refractivity contribution >= 4 is 11.6 Å². The van der Waals surface area contributed by atoms with Gasteiger partial charge in [-0.1, -0.05) is 0 Å². The first-order valence-corrected chi connectivity index (χ1v) is 7.26. The highest BCUT2D eigenvalue weighted by atomic mass is 16.2. The molecule has 1 saturated heterocycles. The summed E-state index contributed by atoms with van der Waals surface area (Å²) in [6.45, 7) is 4.50. The lowest BCUT2D eigenvalue weighted by atomic mass is 9.90. The summed E-state index contributed by atoms with van der Waals surface area (Å²) in [7, 11) is 1.99. The molecule has 0 aromatic heterocycles. The molecule has 0 radical (unpaired) electrons. The molecule has 0 atom stereocenters. The van der Waals surface area contributed by atoms with Crippen molar-refractivity contribution in [2.75, 3.05) is 32.0 Å². The maximum absolute atomic E-state index is 12.0. The number of nitrogens with zero attached hydrogens (tertiary/aromatic N) is 2. The third-order valence-electron chi connectivity index (χ3n) is 4.23. The van der Waals surface area contributed by atoms with Crippen LogP contribution in [0.2, 0.25) is 0 Å². The number of likely N-dealkylation sites (tertiary alicyclic amines) is 1. The monoisotopic (exact) mass is 286 g/mol. The van der Waals surface area contributed by atoms with Gasteiger partial charge in [-0.2, -0.15) is 5.26 Å². The molecule has 1 aromatic carbocycles. The average molecular weight is 286 g/mol. The second-order valence-electron chi connectivity index (χ2n) is 5.82. The first kappa shape index (κ1) is 15.5. The number of hydrogen-bond acceptors (Lipinski definition) is 4. The van der Waals surface area contributed by atoms with Gasteiger partial charge in [0.15, 0.2) is 0 Å². The van der Waals surface area contributed by atoms with E-state index in [9.17, 15) is 4.79 Å². The molecule has 5 nitrogen and oxygen atoms in total. The highest BCUT2D eigenvalue weighted by Gasteiger charge is 2.28. The second-order valence-corrected chi connectivity index (χ2v) is 5.82. The zero-order chi connectivity index (χ0) is 15.3. The lowest BCUT2D eigenvalue weighted by Gasteiger charge is -2.39. The van der Waals surface area contributed by atoms with Crippen LogP contribution >= 0.6 is 0 Å². The number of carbonyl (C=O) groups excluding carboxylic acids is 1. The minimum absolute atomic E-state index is 0.00670. The van der Waals surface area contributed by atoms with Gasteiger partial charge >= 0.3 is 0 Å². The maximum atomic E-state index is 12.0. The van der Waals surface area contributed by atoms with Gasteiger partial charge in [0.05, 0.1) is 18.2 Å². The van der Waals surface area contributed by atoms with Crippen LogP contribution in [0, 0.1) is 11.3 Å². The first-order valence-electron chi connectivity index (χ1n) is 7.26. The summed E-state index contributed by atoms with van der Waals surface area (Å²) in [5.41, 5.74) is 1.52. The number of amides is 1. The van der Waals surface area contributed by atoms with Crippen LogP contribution in [0.5, 0.6) is 0 Å². The summed E-state index contributed by atoms with van der Waals surface area (Å²) in [5.74, 6) is -0.00670. The van der Waals surface area contributed by atoms with Crippen LogP contribution in [0.1, 0.15) is 25.3 Å². The minimum atomic E-state index is -0.00670. The van der Waals surface area contributed by atoms with Gasteiger partial charge in [-0.25, -0.2) is 0 Å². The Kier molecular flexibility index (Phi) is 4.94. The first-order chi connectivity index (χ1) is 10.0. The van der Waals surface area contributed by atoms with Crippen molar-refractivity contribution in [1.82, 2.24) is 10.2 Å². The zero-order valence-corrected chi connectivity index (χ0v) is 12.6. The fraction of sp³-hybridized carbons (Fsp3) is 0.500. The Bertz CT molecular complexity index is 524. The smallest absolute Gasteiger partial charge is 0.238 e. The Morgan fingerprint density at radius 2 is 1.95 bits per heavy atom. The molecule has 5 heteroatoms. The van der Waals surface area contributed by atoms with Gasteiger partial charge in [-0.15, -0.1) is 0 Å². The SMILES string of the molecule is CNC1(C)CCN(CC(=O)Nc2ccc(C#N)cc2)CC1. The Morgan fingerprint density at radius 1 is 1.33 bits per heavy atom. The number of carbonyl (C=O) groups is 1. The summed E-state index contributed by atoms with van der Waals surface area (Å²) in [4.78, 5) is 14.2. The van der Waals surface area contributed by atoms with E-state index >= 15 is 0 Å². The van der Waals surface area contributed by atoms with Crippen LogP contribution in [0.15, 0.2) is 24.3 Å². The molecule has 21 heavy (non-hydrogen) atoms. The van der Waals surface area contributed by atoms with Gasteiger partial charge < -0.3 is 10.6 Å². The fourth-order valence-electron chi connectivity index (χ4n) is 2.49. The molecule has 0 spiro atoms. The molecule has 0 aliphatic carbocycles. The van der Waals surface area contributed by atoms with Crippen molar-refractivity contribution in [1.29, 1.82) is 5.26 Å². The van der Waals surface area contributed by atoms with E-state index in [2.05, 4.69) is 28.5 Å². The quantitative estimate of drug-likeness (QED) is 0.881. The predicted molar refractivity (Wildman–Crippen MR) is 82.9 cm³/mol. The molecule has 0 unspecified atom stereocenters. The lowest BCUT2D eigenvalue weighted by molar-refractivity contribution is -0.117. The van der Waals surface area contributed by atoms with E-state index in [0.717, 1.165) is 31.6 Å². The minimum Gasteiger partial charge on any atom is -0.325 e. The highest BCUT2D eigenvalue weighted by molar-refractivity contribution is 5.92. The average Bonchev–Trinajstić information content (AvgIpc) is 2.50. The lowest BCUT2D eigenvalue weighted by Crippen LogP contribution is -2.51. The van der Waals surface area contributed by atoms with E-state index in [1.54, 1.807) is 24.3 Å². The Hall–Kier alpha value is -1.90. The Labute approximate surface area is 125 Å². The summed E-state index contributed by atoms with van der Waals surface area (Å²) >= 11 is 0. The standard InChI is InChI=1S/C16H22N4O/c1-16(18-2)7-9-20(10-8-16)12-15(21)19-14-5-3-13(11-17)4-6-14/h3-6,18H,7-10,12H2,1-2H3,(H,19,21). The van der Waals surface area contributed by atoms with Crippen molar-refractivity contribution in [2.24, 2.45) is 0 Å². The van der Waals surface area contributed by atoms with Gasteiger partial charge in [0.25, 0.3) is 0 Å². The summed E-state index contributed by atoms with van der Waals surface area (Å²) in [6.07, 6.45) is 2.10. The van der Waals surface area contributed by atoms with Gasteiger partial charge in [0, 0.05) is 24.3 Å². The molecule has 2 rings (SSSR count). The van der Waals surface area contributed by atoms with Crippen molar-refractivity contribution in [3.63, 3.8) is 0 Å². The van der Waals surface area contributed by atoms with Crippen LogP contribution in [-0.4, -0.2) is 43.0 Å². The molecule has 1 aromatic rings. The van der Waals surface area contributed by atoms with Gasteiger partial charge in [-0.05, 0) is 51.1 Å². The third-order valence-corrected chi connectivity index (χ3v) is 4.23. The molecular formula is C16H22N4O. The van der Waals surface area contributed by atoms with Gasteiger partial charge in [0.1, 0.15) is 0 Å². The number of nitriles is 1. The predicted octanol–water partition coefficient (Wildman–Crippen LogP) is 1.57. The third kappa shape index (κ3) is 4.28. The van der Waals surface area contributed by atoms with Crippen molar-refractivity contribution in [3.05, 3.63) is 29.8 Å². The molecule has 1 fully saturated rings. The number of hydrogen-bond donors (Lipinski definition) is 2. The van der Waals surface area contributed by atoms with Crippen molar-refractivity contribution in [3.8, 4) is 6.07 Å². The molecule has 1 heterocycles. The van der Waals surface area contributed by atoms with E-state index in [1.807, 2.05) is 7.05 Å². The van der Waals surface area contributed by atoms with Crippen LogP contribution in [-0.2, 0) is 4.79 Å². The maximum Gasteiger partial charge on any atom is 0.238 e. The van der Waals surface area contributed by atoms with E-state index in [-0.39, 0.29) is 11.4 Å². The Balaban J connectivity index is 1.81. The largest absolute Gasteiger partial charge is 0.325 e. The topological polar surface area (TPSA) is 68.2 Å². The number of anilines is 1. The molecule has 0 bridgehead atoms. The van der Waals surface area contributed by atoms with Gasteiger partial charge in [0.2, 0.25) is 5.91 Å². The summed E-state index contributed by atoms with van der Waals surface area (Å²) < 4.78 is 0. The van der Waals surface area contributed by atoms with Crippen LogP contribution in [0.4, 0.5) is 5.69 Å². The summed E-state index contributed by atoms with van der Waals surface area (Å²) in [6, 6.07) is 8.98. The fourth-order valence-corrected chi connectivity index (χ4v) is 2.49. The van der Waals surface area contributed by atoms with Crippen LogP contribution < -0.4 is 10.6 Å². The molecular weight excluding hydrogens is 264 g/mol. The molecule has 2 N–H and O–H groups in total. The van der Waals surface area contributed by atoms with Gasteiger partial charge in [-0.3, -0.25) is 9.69 Å². The van der Waals surface area contributed by atoms with E-state index in [0.29, 0.717) is 12.1 Å². The number of piperidine rings is 1. The Morgan fingerprint density at radius 3 is 2.48 bits per heavy atom. The number of benzene rings is 1.